The molecule has 12 rings (SSSR count). The van der Waals surface area contributed by atoms with Crippen LogP contribution in [0.3, 0.4) is 0 Å². The number of fused-ring (bicyclic) bond motifs is 6. The van der Waals surface area contributed by atoms with E-state index < -0.39 is 0 Å². The van der Waals surface area contributed by atoms with Crippen molar-refractivity contribution in [3.8, 4) is 72.8 Å². The number of benzene rings is 9. The topological polar surface area (TPSA) is 30.7 Å². The Labute approximate surface area is 363 Å². The largest absolute Gasteiger partial charge is 0.309 e. The van der Waals surface area contributed by atoms with Crippen molar-refractivity contribution in [3.63, 3.8) is 0 Å². The average molecular weight is 808 g/mol. The van der Waals surface area contributed by atoms with E-state index in [1.165, 1.54) is 54.3 Å². The summed E-state index contributed by atoms with van der Waals surface area (Å²) in [6, 6.07) is 80.5. The maximum Gasteiger partial charge on any atom is 0.160 e. The van der Waals surface area contributed by atoms with Crippen molar-refractivity contribution in [2.45, 2.75) is 0 Å². The van der Waals surface area contributed by atoms with Crippen molar-refractivity contribution in [3.05, 3.63) is 224 Å². The first kappa shape index (κ1) is 36.0. The van der Waals surface area contributed by atoms with Crippen LogP contribution in [0.15, 0.2) is 224 Å². The van der Waals surface area contributed by atoms with Crippen molar-refractivity contribution < 1.29 is 0 Å². The second kappa shape index (κ2) is 15.0. The Hall–Kier alpha value is -7.92. The molecular weight excluding hydrogens is 771 g/mol. The molecule has 0 saturated carbocycles. The fourth-order valence-electron chi connectivity index (χ4n) is 9.07. The van der Waals surface area contributed by atoms with Crippen LogP contribution in [0, 0.1) is 0 Å². The maximum atomic E-state index is 5.39. The van der Waals surface area contributed by atoms with Gasteiger partial charge >= 0.3 is 0 Å². The Morgan fingerprint density at radius 2 is 0.903 bits per heavy atom. The molecule has 0 unspecified atom stereocenters. The highest BCUT2D eigenvalue weighted by Gasteiger charge is 2.20. The summed E-state index contributed by atoms with van der Waals surface area (Å²) in [5.74, 6) is 0.722. The summed E-state index contributed by atoms with van der Waals surface area (Å²) in [7, 11) is 0. The molecular formula is C58H37N3S. The van der Waals surface area contributed by atoms with Crippen molar-refractivity contribution in [1.82, 2.24) is 14.5 Å². The summed E-state index contributed by atoms with van der Waals surface area (Å²) in [5, 5.41) is 3.63. The van der Waals surface area contributed by atoms with E-state index in [1.54, 1.807) is 11.3 Å². The predicted octanol–water partition coefficient (Wildman–Crippen LogP) is 15.9. The van der Waals surface area contributed by atoms with Crippen LogP contribution in [-0.2, 0) is 0 Å². The zero-order valence-corrected chi connectivity index (χ0v) is 34.4. The molecule has 12 aromatic rings. The molecule has 0 radical (unpaired) electrons. The number of thiophene rings is 1. The maximum absolute atomic E-state index is 5.39. The Balaban J connectivity index is 1.00. The highest BCUT2D eigenvalue weighted by Crippen LogP contribution is 2.43. The molecule has 0 fully saturated rings. The molecule has 3 aromatic heterocycles. The molecule has 0 aliphatic carbocycles. The molecule has 0 bridgehead atoms. The van der Waals surface area contributed by atoms with Crippen LogP contribution >= 0.6 is 11.3 Å². The van der Waals surface area contributed by atoms with Gasteiger partial charge in [0.2, 0.25) is 0 Å². The average Bonchev–Trinajstić information content (AvgIpc) is 3.90. The quantitative estimate of drug-likeness (QED) is 0.161. The number of rotatable bonds is 7. The minimum atomic E-state index is 0.722. The first-order valence-electron chi connectivity index (χ1n) is 21.0. The van der Waals surface area contributed by atoms with Crippen molar-refractivity contribution >= 4 is 53.4 Å². The molecule has 0 aliphatic heterocycles. The summed E-state index contributed by atoms with van der Waals surface area (Å²) in [5.41, 5.74) is 16.9. The highest BCUT2D eigenvalue weighted by atomic mass is 32.1. The second-order valence-electron chi connectivity index (χ2n) is 15.7. The summed E-state index contributed by atoms with van der Waals surface area (Å²) in [4.78, 5) is 10.7. The summed E-state index contributed by atoms with van der Waals surface area (Å²) in [6.45, 7) is 0. The van der Waals surface area contributed by atoms with Gasteiger partial charge in [-0.3, -0.25) is 0 Å². The van der Waals surface area contributed by atoms with E-state index in [4.69, 9.17) is 9.97 Å². The van der Waals surface area contributed by atoms with E-state index in [0.717, 1.165) is 60.6 Å². The van der Waals surface area contributed by atoms with Gasteiger partial charge < -0.3 is 4.57 Å². The summed E-state index contributed by atoms with van der Waals surface area (Å²) < 4.78 is 4.70. The van der Waals surface area contributed by atoms with Crippen LogP contribution in [0.1, 0.15) is 0 Å². The monoisotopic (exact) mass is 807 g/mol. The minimum Gasteiger partial charge on any atom is -0.309 e. The van der Waals surface area contributed by atoms with Crippen LogP contribution in [0.25, 0.3) is 115 Å². The number of para-hydroxylation sites is 1. The Kier molecular flexibility index (Phi) is 8.68. The van der Waals surface area contributed by atoms with E-state index in [0.29, 0.717) is 0 Å². The lowest BCUT2D eigenvalue weighted by Crippen LogP contribution is -1.94. The smallest absolute Gasteiger partial charge is 0.160 e. The number of hydrogen-bond donors (Lipinski definition) is 0. The fourth-order valence-corrected chi connectivity index (χ4v) is 10.2. The third kappa shape index (κ3) is 6.20. The minimum absolute atomic E-state index is 0.722. The van der Waals surface area contributed by atoms with Crippen LogP contribution in [-0.4, -0.2) is 14.5 Å². The molecule has 4 heteroatoms. The van der Waals surface area contributed by atoms with Gasteiger partial charge in [-0.1, -0.05) is 170 Å². The van der Waals surface area contributed by atoms with Gasteiger partial charge in [-0.2, -0.15) is 0 Å². The third-order valence-electron chi connectivity index (χ3n) is 12.0. The number of nitrogens with zero attached hydrogens (tertiary/aromatic N) is 3. The zero-order chi connectivity index (χ0) is 41.0. The predicted molar refractivity (Wildman–Crippen MR) is 262 cm³/mol. The molecule has 0 amide bonds. The van der Waals surface area contributed by atoms with Gasteiger partial charge in [0.25, 0.3) is 0 Å². The molecule has 0 N–H and O–H groups in total. The van der Waals surface area contributed by atoms with E-state index in [2.05, 4.69) is 229 Å². The van der Waals surface area contributed by atoms with E-state index in [9.17, 15) is 0 Å². The number of hydrogen-bond acceptors (Lipinski definition) is 3. The second-order valence-corrected chi connectivity index (χ2v) is 16.8. The molecule has 0 spiro atoms. The first-order chi connectivity index (χ1) is 30.7. The third-order valence-corrected chi connectivity index (χ3v) is 13.2. The lowest BCUT2D eigenvalue weighted by atomic mass is 9.94. The molecule has 0 atom stereocenters. The molecule has 3 heterocycles. The standard InChI is InChI=1S/C58H37N3S/c1-4-16-38(17-5-1)40-20-14-25-46(36-40)58-59-55(57-56(60-58)49-28-10-11-31-53(49)62-57)45-24-13-22-42(35-45)41-21-12-23-44(34-41)48-29-15-30-52-54(48)50-37-43(39-18-6-2-7-19-39)32-33-51(50)61(52)47-26-8-3-9-27-47/h1-37H. The van der Waals surface area contributed by atoms with Gasteiger partial charge in [0.1, 0.15) is 0 Å². The van der Waals surface area contributed by atoms with Gasteiger partial charge in [0.15, 0.2) is 5.82 Å². The van der Waals surface area contributed by atoms with Gasteiger partial charge in [0.05, 0.1) is 26.9 Å². The summed E-state index contributed by atoms with van der Waals surface area (Å²) >= 11 is 1.76. The van der Waals surface area contributed by atoms with Crippen LogP contribution < -0.4 is 0 Å². The van der Waals surface area contributed by atoms with Gasteiger partial charge in [0, 0.05) is 37.7 Å². The fraction of sp³-hybridized carbons (Fsp3) is 0. The molecule has 0 aliphatic rings. The van der Waals surface area contributed by atoms with Gasteiger partial charge in [-0.15, -0.1) is 11.3 Å². The molecule has 9 aromatic carbocycles. The van der Waals surface area contributed by atoms with Gasteiger partial charge in [-0.05, 0) is 99.1 Å². The molecule has 62 heavy (non-hydrogen) atoms. The van der Waals surface area contributed by atoms with Crippen LogP contribution in [0.2, 0.25) is 0 Å². The highest BCUT2D eigenvalue weighted by molar-refractivity contribution is 7.26. The zero-order valence-electron chi connectivity index (χ0n) is 33.6. The van der Waals surface area contributed by atoms with Crippen LogP contribution in [0.4, 0.5) is 0 Å². The lowest BCUT2D eigenvalue weighted by molar-refractivity contribution is 1.18. The van der Waals surface area contributed by atoms with E-state index in [1.807, 2.05) is 0 Å². The van der Waals surface area contributed by atoms with Crippen molar-refractivity contribution in [1.29, 1.82) is 0 Å². The normalized spacial score (nSPS) is 11.5. The van der Waals surface area contributed by atoms with E-state index >= 15 is 0 Å². The summed E-state index contributed by atoms with van der Waals surface area (Å²) in [6.07, 6.45) is 0. The first-order valence-corrected chi connectivity index (χ1v) is 21.8. The Morgan fingerprint density at radius 1 is 0.355 bits per heavy atom. The van der Waals surface area contributed by atoms with Gasteiger partial charge in [-0.25, -0.2) is 9.97 Å². The van der Waals surface area contributed by atoms with Crippen molar-refractivity contribution in [2.75, 3.05) is 0 Å². The molecule has 290 valence electrons. The van der Waals surface area contributed by atoms with Crippen molar-refractivity contribution in [2.24, 2.45) is 0 Å². The Bertz CT molecular complexity index is 3620. The lowest BCUT2D eigenvalue weighted by Gasteiger charge is -2.11. The molecule has 3 nitrogen and oxygen atoms in total. The Morgan fingerprint density at radius 3 is 1.65 bits per heavy atom. The van der Waals surface area contributed by atoms with E-state index in [-0.39, 0.29) is 0 Å². The SMILES string of the molecule is c1ccc(-c2cccc(-c3nc(-c4cccc(-c5cccc(-c6cccc7c6c6cc(-c8ccccc8)ccc6n7-c6ccccc6)c5)c4)c4sc5ccccc5c4n3)c2)cc1. The number of aromatic nitrogens is 3. The molecule has 0 saturated heterocycles. The van der Waals surface area contributed by atoms with Crippen LogP contribution in [0.5, 0.6) is 0 Å².